The minimum absolute atomic E-state index is 0.0136. The molecule has 0 aliphatic carbocycles. The topological polar surface area (TPSA) is 47.6 Å². The van der Waals surface area contributed by atoms with Gasteiger partial charge in [-0.1, -0.05) is 45.0 Å². The van der Waals surface area contributed by atoms with Gasteiger partial charge in [-0.3, -0.25) is 4.79 Å². The van der Waals surface area contributed by atoms with Crippen molar-refractivity contribution in [2.24, 2.45) is 0 Å². The molecule has 0 unspecified atom stereocenters. The number of amides is 1. The summed E-state index contributed by atoms with van der Waals surface area (Å²) in [6, 6.07) is 12.1. The van der Waals surface area contributed by atoms with Crippen molar-refractivity contribution in [2.75, 3.05) is 19.8 Å². The fourth-order valence-corrected chi connectivity index (χ4v) is 2.53. The minimum atomic E-state index is -4.46. The Kier molecular flexibility index (Phi) is 6.94. The average Bonchev–Trinajstić information content (AvgIpc) is 2.62. The first-order chi connectivity index (χ1) is 13.1. The number of rotatable bonds is 7. The van der Waals surface area contributed by atoms with Crippen LogP contribution in [0.3, 0.4) is 0 Å². The number of carbonyl (C=O) groups excluding carboxylic acids is 1. The van der Waals surface area contributed by atoms with Crippen molar-refractivity contribution in [1.82, 2.24) is 5.32 Å². The lowest BCUT2D eigenvalue weighted by molar-refractivity contribution is -0.137. The highest BCUT2D eigenvalue weighted by Crippen LogP contribution is 2.31. The van der Waals surface area contributed by atoms with E-state index in [4.69, 9.17) is 9.47 Å². The molecule has 7 heteroatoms. The molecule has 1 N–H and O–H groups in total. The van der Waals surface area contributed by atoms with Crippen molar-refractivity contribution < 1.29 is 27.4 Å². The normalized spacial score (nSPS) is 11.8. The van der Waals surface area contributed by atoms with E-state index in [2.05, 4.69) is 26.1 Å². The maximum atomic E-state index is 12.7. The second-order valence-corrected chi connectivity index (χ2v) is 7.26. The van der Waals surface area contributed by atoms with Crippen LogP contribution in [-0.2, 0) is 16.4 Å². The van der Waals surface area contributed by atoms with Crippen LogP contribution in [0.25, 0.3) is 0 Å². The largest absolute Gasteiger partial charge is 0.491 e. The van der Waals surface area contributed by atoms with E-state index in [1.54, 1.807) is 0 Å². The quantitative estimate of drug-likeness (QED) is 0.699. The van der Waals surface area contributed by atoms with E-state index in [1.807, 2.05) is 24.3 Å². The minimum Gasteiger partial charge on any atom is -0.491 e. The molecule has 1 amide bonds. The van der Waals surface area contributed by atoms with Crippen LogP contribution in [0.5, 0.6) is 11.5 Å². The zero-order valence-electron chi connectivity index (χ0n) is 16.1. The van der Waals surface area contributed by atoms with E-state index < -0.39 is 17.6 Å². The average molecular weight is 395 g/mol. The highest BCUT2D eigenvalue weighted by molar-refractivity contribution is 5.77. The summed E-state index contributed by atoms with van der Waals surface area (Å²) in [7, 11) is 0. The van der Waals surface area contributed by atoms with Crippen LogP contribution in [0, 0.1) is 0 Å². The maximum absolute atomic E-state index is 12.7. The Morgan fingerprint density at radius 1 is 1.00 bits per heavy atom. The summed E-state index contributed by atoms with van der Waals surface area (Å²) in [5, 5.41) is 2.62. The molecule has 152 valence electrons. The lowest BCUT2D eigenvalue weighted by atomic mass is 9.86. The zero-order chi connectivity index (χ0) is 20.8. The van der Waals surface area contributed by atoms with E-state index in [0.717, 1.165) is 23.4 Å². The van der Waals surface area contributed by atoms with Gasteiger partial charge in [-0.05, 0) is 35.2 Å². The van der Waals surface area contributed by atoms with Crippen LogP contribution in [-0.4, -0.2) is 25.7 Å². The summed E-state index contributed by atoms with van der Waals surface area (Å²) in [6.45, 7) is 6.40. The molecule has 0 aliphatic rings. The molecule has 0 bridgehead atoms. The summed E-state index contributed by atoms with van der Waals surface area (Å²) >= 11 is 0. The van der Waals surface area contributed by atoms with Crippen LogP contribution in [0.2, 0.25) is 0 Å². The van der Waals surface area contributed by atoms with Crippen LogP contribution in [0.15, 0.2) is 48.5 Å². The van der Waals surface area contributed by atoms with Crippen LogP contribution >= 0.6 is 0 Å². The van der Waals surface area contributed by atoms with Crippen molar-refractivity contribution in [3.8, 4) is 11.5 Å². The molecular formula is C21H24F3NO3. The first-order valence-electron chi connectivity index (χ1n) is 8.86. The molecule has 0 atom stereocenters. The fraction of sp³-hybridized carbons (Fsp3) is 0.381. The molecule has 0 saturated carbocycles. The summed E-state index contributed by atoms with van der Waals surface area (Å²) in [4.78, 5) is 11.8. The number of carbonyl (C=O) groups is 1. The Bertz CT molecular complexity index is 798. The molecule has 0 fully saturated rings. The van der Waals surface area contributed by atoms with E-state index in [1.165, 1.54) is 12.1 Å². The van der Waals surface area contributed by atoms with Gasteiger partial charge in [0, 0.05) is 0 Å². The fourth-order valence-electron chi connectivity index (χ4n) is 2.53. The second kappa shape index (κ2) is 8.99. The second-order valence-electron chi connectivity index (χ2n) is 7.26. The lowest BCUT2D eigenvalue weighted by Crippen LogP contribution is -2.32. The Balaban J connectivity index is 1.77. The Hall–Kier alpha value is -2.70. The predicted octanol–water partition coefficient (Wildman–Crippen LogP) is 4.58. The van der Waals surface area contributed by atoms with Crippen molar-refractivity contribution in [2.45, 2.75) is 32.4 Å². The van der Waals surface area contributed by atoms with Crippen molar-refractivity contribution in [1.29, 1.82) is 0 Å². The first kappa shape index (κ1) is 21.6. The number of alkyl halides is 3. The molecule has 0 saturated heterocycles. The number of nitrogens with one attached hydrogen (secondary N) is 1. The molecule has 2 aromatic rings. The smallest absolute Gasteiger partial charge is 0.416 e. The van der Waals surface area contributed by atoms with E-state index >= 15 is 0 Å². The van der Waals surface area contributed by atoms with Gasteiger partial charge in [0.2, 0.25) is 0 Å². The molecule has 28 heavy (non-hydrogen) atoms. The Morgan fingerprint density at radius 3 is 2.39 bits per heavy atom. The van der Waals surface area contributed by atoms with Gasteiger partial charge in [0.25, 0.3) is 5.91 Å². The molecule has 2 rings (SSSR count). The number of benzene rings is 2. The van der Waals surface area contributed by atoms with E-state index in [0.29, 0.717) is 0 Å². The predicted molar refractivity (Wildman–Crippen MR) is 101 cm³/mol. The van der Waals surface area contributed by atoms with Crippen molar-refractivity contribution in [3.63, 3.8) is 0 Å². The van der Waals surface area contributed by atoms with Gasteiger partial charge >= 0.3 is 6.18 Å². The van der Waals surface area contributed by atoms with Gasteiger partial charge in [-0.2, -0.15) is 13.2 Å². The summed E-state index contributed by atoms with van der Waals surface area (Å²) < 4.78 is 48.9. The van der Waals surface area contributed by atoms with Gasteiger partial charge in [0.05, 0.1) is 12.1 Å². The summed E-state index contributed by atoms with van der Waals surface area (Å²) in [5.74, 6) is 0.301. The number of hydrogen-bond acceptors (Lipinski definition) is 3. The number of ether oxygens (including phenoxy) is 2. The summed E-state index contributed by atoms with van der Waals surface area (Å²) in [6.07, 6.45) is -4.46. The van der Waals surface area contributed by atoms with Crippen LogP contribution < -0.4 is 14.8 Å². The van der Waals surface area contributed by atoms with Crippen LogP contribution in [0.1, 0.15) is 31.9 Å². The van der Waals surface area contributed by atoms with Gasteiger partial charge in [-0.15, -0.1) is 0 Å². The standard InChI is InChI=1S/C21H24F3NO3/c1-20(2,3)17-9-4-5-10-18(17)27-12-11-25-19(26)14-28-16-8-6-7-15(13-16)21(22,23)24/h4-10,13H,11-12,14H2,1-3H3,(H,25,26). The third-order valence-electron chi connectivity index (χ3n) is 3.91. The first-order valence-corrected chi connectivity index (χ1v) is 8.86. The molecule has 0 radical (unpaired) electrons. The number of hydrogen-bond donors (Lipinski definition) is 1. The van der Waals surface area contributed by atoms with Crippen molar-refractivity contribution in [3.05, 3.63) is 59.7 Å². The molecule has 4 nitrogen and oxygen atoms in total. The third-order valence-corrected chi connectivity index (χ3v) is 3.91. The van der Waals surface area contributed by atoms with E-state index in [9.17, 15) is 18.0 Å². The monoisotopic (exact) mass is 395 g/mol. The number of para-hydroxylation sites is 1. The number of halogens is 3. The molecule has 2 aromatic carbocycles. The molecule has 0 aromatic heterocycles. The van der Waals surface area contributed by atoms with Gasteiger partial charge in [-0.25, -0.2) is 0 Å². The maximum Gasteiger partial charge on any atom is 0.416 e. The Morgan fingerprint density at radius 2 is 1.71 bits per heavy atom. The lowest BCUT2D eigenvalue weighted by Gasteiger charge is -2.22. The SMILES string of the molecule is CC(C)(C)c1ccccc1OCCNC(=O)COc1cccc(C(F)(F)F)c1. The molecule has 0 heterocycles. The highest BCUT2D eigenvalue weighted by Gasteiger charge is 2.30. The van der Waals surface area contributed by atoms with E-state index in [-0.39, 0.29) is 30.9 Å². The molecular weight excluding hydrogens is 371 g/mol. The van der Waals surface area contributed by atoms with Gasteiger partial charge < -0.3 is 14.8 Å². The zero-order valence-corrected chi connectivity index (χ0v) is 16.1. The summed E-state index contributed by atoms with van der Waals surface area (Å²) in [5.41, 5.74) is 0.170. The van der Waals surface area contributed by atoms with Crippen molar-refractivity contribution >= 4 is 5.91 Å². The van der Waals surface area contributed by atoms with Gasteiger partial charge in [0.1, 0.15) is 18.1 Å². The molecule has 0 spiro atoms. The Labute approximate surface area is 162 Å². The third kappa shape index (κ3) is 6.48. The molecule has 0 aliphatic heterocycles. The highest BCUT2D eigenvalue weighted by atomic mass is 19.4. The van der Waals surface area contributed by atoms with Gasteiger partial charge in [0.15, 0.2) is 6.61 Å². The van der Waals surface area contributed by atoms with Crippen LogP contribution in [0.4, 0.5) is 13.2 Å².